The van der Waals surface area contributed by atoms with Crippen LogP contribution < -0.4 is 0 Å². The molecule has 39 heavy (non-hydrogen) atoms. The molecule has 8 heteroatoms. The van der Waals surface area contributed by atoms with Crippen LogP contribution in [0.15, 0.2) is 0 Å². The molecule has 224 valence electrons. The number of unbranched alkanes of at least 4 members (excludes halogenated alkanes) is 3. The van der Waals surface area contributed by atoms with E-state index in [4.69, 9.17) is 23.7 Å². The summed E-state index contributed by atoms with van der Waals surface area (Å²) in [5, 5.41) is 0. The lowest BCUT2D eigenvalue weighted by Crippen LogP contribution is -2.46. The Morgan fingerprint density at radius 3 is 2.21 bits per heavy atom. The van der Waals surface area contributed by atoms with E-state index in [0.717, 1.165) is 57.8 Å². The first-order valence-corrected chi connectivity index (χ1v) is 14.9. The molecule has 0 aromatic heterocycles. The van der Waals surface area contributed by atoms with Crippen molar-refractivity contribution in [3.8, 4) is 0 Å². The zero-order valence-electron chi connectivity index (χ0n) is 25.2. The molecule has 2 aliphatic carbocycles. The summed E-state index contributed by atoms with van der Waals surface area (Å²) >= 11 is 0. The van der Waals surface area contributed by atoms with Gasteiger partial charge in [0.1, 0.15) is 24.1 Å². The fourth-order valence-electron chi connectivity index (χ4n) is 7.34. The number of hydrogen-bond acceptors (Lipinski definition) is 8. The van der Waals surface area contributed by atoms with E-state index in [1.807, 2.05) is 7.11 Å². The quantitative estimate of drug-likeness (QED) is 0.174. The Hall–Kier alpha value is -1.35. The van der Waals surface area contributed by atoms with E-state index < -0.39 is 5.92 Å². The number of ketones is 2. The SMILES string of the molecule is COC1(C)CCOC2(C)CC(C)(CC2COCCCCCCC(=O)OCC2C(=O)CCC2=O)CC(C)(OC)C1. The summed E-state index contributed by atoms with van der Waals surface area (Å²) in [6, 6.07) is 0. The molecule has 8 nitrogen and oxygen atoms in total. The molecule has 5 unspecified atom stereocenters. The molecule has 5 atom stereocenters. The lowest BCUT2D eigenvalue weighted by molar-refractivity contribution is -0.147. The first kappa shape index (κ1) is 32.2. The van der Waals surface area contributed by atoms with Gasteiger partial charge in [0, 0.05) is 52.4 Å². The summed E-state index contributed by atoms with van der Waals surface area (Å²) < 4.78 is 29.9. The zero-order chi connectivity index (χ0) is 28.7. The van der Waals surface area contributed by atoms with Crippen molar-refractivity contribution in [2.75, 3.05) is 40.6 Å². The number of esters is 1. The van der Waals surface area contributed by atoms with Crippen LogP contribution in [-0.2, 0) is 38.1 Å². The molecule has 1 heterocycles. The van der Waals surface area contributed by atoms with Crippen LogP contribution in [0.2, 0.25) is 0 Å². The van der Waals surface area contributed by atoms with Gasteiger partial charge in [-0.15, -0.1) is 0 Å². The summed E-state index contributed by atoms with van der Waals surface area (Å²) in [5.74, 6) is -0.963. The Bertz CT molecular complexity index is 844. The van der Waals surface area contributed by atoms with Gasteiger partial charge in [-0.2, -0.15) is 0 Å². The van der Waals surface area contributed by atoms with E-state index in [2.05, 4.69) is 27.7 Å². The number of ether oxygens (including phenoxy) is 5. The van der Waals surface area contributed by atoms with Crippen molar-refractivity contribution in [2.45, 2.75) is 122 Å². The fraction of sp³-hybridized carbons (Fsp3) is 0.903. The van der Waals surface area contributed by atoms with Gasteiger partial charge < -0.3 is 23.7 Å². The predicted octanol–water partition coefficient (Wildman–Crippen LogP) is 5.23. The summed E-state index contributed by atoms with van der Waals surface area (Å²) in [7, 11) is 3.60. The highest BCUT2D eigenvalue weighted by atomic mass is 16.5. The lowest BCUT2D eigenvalue weighted by atomic mass is 9.73. The van der Waals surface area contributed by atoms with Crippen molar-refractivity contribution in [3.63, 3.8) is 0 Å². The number of carbonyl (C=O) groups excluding carboxylic acids is 3. The largest absolute Gasteiger partial charge is 0.464 e. The number of carbonyl (C=O) groups is 3. The van der Waals surface area contributed by atoms with Crippen molar-refractivity contribution in [3.05, 3.63) is 0 Å². The number of hydrogen-bond donors (Lipinski definition) is 0. The molecule has 0 aromatic rings. The Balaban J connectivity index is 1.37. The first-order valence-electron chi connectivity index (χ1n) is 14.9. The molecule has 2 bridgehead atoms. The molecule has 3 aliphatic rings. The number of fused-ring (bicyclic) bond motifs is 2. The van der Waals surface area contributed by atoms with Crippen molar-refractivity contribution < 1.29 is 38.1 Å². The molecule has 1 saturated heterocycles. The maximum Gasteiger partial charge on any atom is 0.305 e. The van der Waals surface area contributed by atoms with E-state index in [1.54, 1.807) is 7.11 Å². The molecule has 3 rings (SSSR count). The van der Waals surface area contributed by atoms with Crippen LogP contribution in [-0.4, -0.2) is 75.0 Å². The van der Waals surface area contributed by atoms with Crippen molar-refractivity contribution in [2.24, 2.45) is 17.3 Å². The third-order valence-corrected chi connectivity index (χ3v) is 9.52. The van der Waals surface area contributed by atoms with Crippen LogP contribution >= 0.6 is 0 Å². The summed E-state index contributed by atoms with van der Waals surface area (Å²) in [5.41, 5.74) is -0.674. The van der Waals surface area contributed by atoms with Gasteiger partial charge in [-0.05, 0) is 64.7 Å². The van der Waals surface area contributed by atoms with Gasteiger partial charge in [0.25, 0.3) is 0 Å². The molecule has 0 aromatic carbocycles. The van der Waals surface area contributed by atoms with Crippen LogP contribution in [0.25, 0.3) is 0 Å². The minimum Gasteiger partial charge on any atom is -0.464 e. The summed E-state index contributed by atoms with van der Waals surface area (Å²) in [6.07, 6.45) is 9.09. The van der Waals surface area contributed by atoms with Gasteiger partial charge in [0.15, 0.2) is 0 Å². The predicted molar refractivity (Wildman–Crippen MR) is 147 cm³/mol. The fourth-order valence-corrected chi connectivity index (χ4v) is 7.34. The third-order valence-electron chi connectivity index (χ3n) is 9.52. The topological polar surface area (TPSA) is 97.4 Å². The number of rotatable bonds is 13. The molecule has 0 N–H and O–H groups in total. The smallest absolute Gasteiger partial charge is 0.305 e. The second-order valence-electron chi connectivity index (χ2n) is 13.4. The molecular formula is C31H52O8. The average molecular weight is 553 g/mol. The van der Waals surface area contributed by atoms with Crippen LogP contribution in [0, 0.1) is 17.3 Å². The Morgan fingerprint density at radius 2 is 1.54 bits per heavy atom. The Morgan fingerprint density at radius 1 is 0.872 bits per heavy atom. The van der Waals surface area contributed by atoms with Gasteiger partial charge in [-0.1, -0.05) is 19.8 Å². The highest BCUT2D eigenvalue weighted by molar-refractivity contribution is 6.08. The zero-order valence-corrected chi connectivity index (χ0v) is 25.2. The third kappa shape index (κ3) is 8.82. The summed E-state index contributed by atoms with van der Waals surface area (Å²) in [4.78, 5) is 35.2. The molecule has 1 aliphatic heterocycles. The average Bonchev–Trinajstić information content (AvgIpc) is 3.32. The van der Waals surface area contributed by atoms with E-state index in [1.165, 1.54) is 0 Å². The molecule has 3 fully saturated rings. The van der Waals surface area contributed by atoms with Crippen LogP contribution in [0.3, 0.4) is 0 Å². The first-order chi connectivity index (χ1) is 18.3. The molecule has 0 amide bonds. The lowest BCUT2D eigenvalue weighted by Gasteiger charge is -2.44. The van der Waals surface area contributed by atoms with E-state index >= 15 is 0 Å². The normalized spacial score (nSPS) is 35.9. The van der Waals surface area contributed by atoms with Crippen molar-refractivity contribution in [1.29, 1.82) is 0 Å². The van der Waals surface area contributed by atoms with Gasteiger partial charge >= 0.3 is 5.97 Å². The minimum absolute atomic E-state index is 0.0937. The summed E-state index contributed by atoms with van der Waals surface area (Å²) in [6.45, 7) is 10.9. The van der Waals surface area contributed by atoms with Gasteiger partial charge in [0.2, 0.25) is 0 Å². The number of Topliss-reactive ketones (excluding diaryl/α,β-unsaturated/α-hetero) is 2. The molecule has 2 saturated carbocycles. The van der Waals surface area contributed by atoms with Crippen LogP contribution in [0.1, 0.15) is 105 Å². The number of methoxy groups -OCH3 is 2. The van der Waals surface area contributed by atoms with E-state index in [9.17, 15) is 14.4 Å². The molecule has 0 spiro atoms. The maximum atomic E-state index is 12.0. The Kier molecular flexibility index (Phi) is 11.2. The maximum absolute atomic E-state index is 12.0. The van der Waals surface area contributed by atoms with E-state index in [0.29, 0.717) is 32.2 Å². The minimum atomic E-state index is -0.738. The van der Waals surface area contributed by atoms with Crippen molar-refractivity contribution in [1.82, 2.24) is 0 Å². The van der Waals surface area contributed by atoms with Crippen molar-refractivity contribution >= 4 is 17.5 Å². The van der Waals surface area contributed by atoms with Gasteiger partial charge in [-0.25, -0.2) is 0 Å². The Labute approximate surface area is 235 Å². The highest BCUT2D eigenvalue weighted by Gasteiger charge is 2.54. The van der Waals surface area contributed by atoms with E-state index in [-0.39, 0.29) is 59.2 Å². The monoisotopic (exact) mass is 552 g/mol. The molecular weight excluding hydrogens is 500 g/mol. The van der Waals surface area contributed by atoms with Crippen LogP contribution in [0.4, 0.5) is 0 Å². The van der Waals surface area contributed by atoms with Gasteiger partial charge in [-0.3, -0.25) is 14.4 Å². The van der Waals surface area contributed by atoms with Gasteiger partial charge in [0.05, 0.1) is 30.0 Å². The molecule has 0 radical (unpaired) electrons. The highest BCUT2D eigenvalue weighted by Crippen LogP contribution is 2.55. The standard InChI is InChI=1S/C31H52O8/c1-28-17-23(31(4,21-28)39-16-14-29(2,35-5)22-30(3,20-28)36-6)18-37-15-10-8-7-9-11-27(34)38-19-24-25(32)12-13-26(24)33/h23-24H,7-22H2,1-6H3. The van der Waals surface area contributed by atoms with Crippen LogP contribution in [0.5, 0.6) is 0 Å². The second kappa shape index (κ2) is 13.5. The second-order valence-corrected chi connectivity index (χ2v) is 13.4.